The van der Waals surface area contributed by atoms with Gasteiger partial charge in [-0.05, 0) is 23.8 Å². The lowest BCUT2D eigenvalue weighted by molar-refractivity contribution is -0.922. The normalized spacial score (nSPS) is 19.4. The summed E-state index contributed by atoms with van der Waals surface area (Å²) in [6.07, 6.45) is 1.14. The number of quaternary nitrogens is 1. The average Bonchev–Trinajstić information content (AvgIpc) is 3.11. The maximum atomic E-state index is 13.0. The maximum absolute atomic E-state index is 13.0. The smallest absolute Gasteiger partial charge is 0.231 e. The zero-order valence-electron chi connectivity index (χ0n) is 15.8. The molecule has 0 radical (unpaired) electrons. The van der Waals surface area contributed by atoms with Crippen LogP contribution in [-0.2, 0) is 6.42 Å². The van der Waals surface area contributed by atoms with Gasteiger partial charge in [0.25, 0.3) is 0 Å². The van der Waals surface area contributed by atoms with E-state index in [1.54, 1.807) is 31.4 Å². The second-order valence-electron chi connectivity index (χ2n) is 7.63. The van der Waals surface area contributed by atoms with Gasteiger partial charge in [0.2, 0.25) is 12.5 Å². The Balaban J connectivity index is 1.79. The Kier molecular flexibility index (Phi) is 4.23. The highest BCUT2D eigenvalue weighted by Crippen LogP contribution is 2.51. The minimum atomic E-state index is -0.106. The predicted molar refractivity (Wildman–Crippen MR) is 99.6 cm³/mol. The number of ether oxygens (including phenoxy) is 3. The second kappa shape index (κ2) is 6.46. The minimum Gasteiger partial charge on any atom is -0.507 e. The van der Waals surface area contributed by atoms with Gasteiger partial charge in [0.15, 0.2) is 17.3 Å². The fourth-order valence-electron chi connectivity index (χ4n) is 4.11. The van der Waals surface area contributed by atoms with E-state index in [1.165, 1.54) is 0 Å². The number of ketones is 1. The number of phenols is 1. The van der Waals surface area contributed by atoms with Crippen LogP contribution in [0, 0.1) is 0 Å². The fraction of sp³-hybridized carbons (Fsp3) is 0.381. The first kappa shape index (κ1) is 17.7. The molecule has 6 heteroatoms. The Morgan fingerprint density at radius 3 is 2.81 bits per heavy atom. The molecule has 0 aliphatic carbocycles. The minimum absolute atomic E-state index is 0.0153. The molecule has 2 aromatic rings. The van der Waals surface area contributed by atoms with Crippen molar-refractivity contribution in [3.63, 3.8) is 0 Å². The molecule has 142 valence electrons. The molecule has 0 fully saturated rings. The number of phenolic OH excluding ortho intramolecular Hbond substituents is 1. The van der Waals surface area contributed by atoms with Crippen LogP contribution < -0.4 is 14.2 Å². The van der Waals surface area contributed by atoms with Crippen molar-refractivity contribution in [2.45, 2.75) is 18.9 Å². The number of rotatable bonds is 4. The van der Waals surface area contributed by atoms with Gasteiger partial charge < -0.3 is 23.8 Å². The SMILES string of the molecule is COc1c2c(cc3c1[C@@H](CC(=O)c1ccccc1O)[N+](C)(C)CC3)OCO2. The van der Waals surface area contributed by atoms with E-state index in [1.807, 2.05) is 6.07 Å². The monoisotopic (exact) mass is 370 g/mol. The number of aromatic hydroxyl groups is 1. The first-order valence-electron chi connectivity index (χ1n) is 9.05. The molecule has 0 saturated heterocycles. The summed E-state index contributed by atoms with van der Waals surface area (Å²) >= 11 is 0. The Hall–Kier alpha value is -2.73. The molecule has 4 rings (SSSR count). The molecule has 0 aromatic heterocycles. The van der Waals surface area contributed by atoms with Crippen LogP contribution in [0.15, 0.2) is 30.3 Å². The zero-order valence-corrected chi connectivity index (χ0v) is 15.8. The van der Waals surface area contributed by atoms with Gasteiger partial charge in [-0.1, -0.05) is 12.1 Å². The van der Waals surface area contributed by atoms with Gasteiger partial charge in [-0.3, -0.25) is 4.79 Å². The lowest BCUT2D eigenvalue weighted by atomic mass is 9.86. The van der Waals surface area contributed by atoms with Crippen LogP contribution in [0.3, 0.4) is 0 Å². The number of carbonyl (C=O) groups is 1. The number of hydrogen-bond acceptors (Lipinski definition) is 5. The van der Waals surface area contributed by atoms with Crippen molar-refractivity contribution < 1.29 is 28.6 Å². The molecule has 2 aliphatic rings. The number of likely N-dealkylation sites (N-methyl/N-ethyl adjacent to an activating group) is 1. The van der Waals surface area contributed by atoms with Gasteiger partial charge in [-0.2, -0.15) is 0 Å². The number of methoxy groups -OCH3 is 1. The van der Waals surface area contributed by atoms with Crippen molar-refractivity contribution in [1.82, 2.24) is 0 Å². The van der Waals surface area contributed by atoms with Crippen LogP contribution in [0.25, 0.3) is 0 Å². The fourth-order valence-corrected chi connectivity index (χ4v) is 4.11. The first-order chi connectivity index (χ1) is 12.9. The molecule has 1 N–H and O–H groups in total. The number of Topliss-reactive ketones (excluding diaryl/α,β-unsaturated/α-hetero) is 1. The van der Waals surface area contributed by atoms with E-state index < -0.39 is 0 Å². The third kappa shape index (κ3) is 2.90. The molecule has 2 heterocycles. The van der Waals surface area contributed by atoms with E-state index in [0.717, 1.165) is 24.1 Å². The van der Waals surface area contributed by atoms with Gasteiger partial charge in [0.1, 0.15) is 11.8 Å². The summed E-state index contributed by atoms with van der Waals surface area (Å²) in [6, 6.07) is 8.59. The Morgan fingerprint density at radius 2 is 2.07 bits per heavy atom. The third-order valence-corrected chi connectivity index (χ3v) is 5.67. The molecule has 6 nitrogen and oxygen atoms in total. The van der Waals surface area contributed by atoms with Crippen LogP contribution in [0.5, 0.6) is 23.0 Å². The van der Waals surface area contributed by atoms with E-state index in [9.17, 15) is 9.90 Å². The third-order valence-electron chi connectivity index (χ3n) is 5.67. The average molecular weight is 370 g/mol. The highest BCUT2D eigenvalue weighted by atomic mass is 16.7. The highest BCUT2D eigenvalue weighted by molar-refractivity contribution is 5.99. The lowest BCUT2D eigenvalue weighted by Gasteiger charge is -2.43. The van der Waals surface area contributed by atoms with Crippen molar-refractivity contribution in [2.24, 2.45) is 0 Å². The van der Waals surface area contributed by atoms with E-state index in [0.29, 0.717) is 27.3 Å². The van der Waals surface area contributed by atoms with E-state index in [4.69, 9.17) is 14.2 Å². The van der Waals surface area contributed by atoms with Gasteiger partial charge in [-0.15, -0.1) is 0 Å². The summed E-state index contributed by atoms with van der Waals surface area (Å²) < 4.78 is 17.6. The summed E-state index contributed by atoms with van der Waals surface area (Å²) in [6.45, 7) is 1.07. The van der Waals surface area contributed by atoms with Crippen LogP contribution in [0.1, 0.15) is 33.9 Å². The summed E-state index contributed by atoms with van der Waals surface area (Å²) in [5.41, 5.74) is 2.48. The molecule has 27 heavy (non-hydrogen) atoms. The van der Waals surface area contributed by atoms with E-state index >= 15 is 0 Å². The van der Waals surface area contributed by atoms with Gasteiger partial charge >= 0.3 is 0 Å². The molecule has 0 saturated carbocycles. The summed E-state index contributed by atoms with van der Waals surface area (Å²) in [5, 5.41) is 10.1. The number of para-hydroxylation sites is 1. The number of benzene rings is 2. The summed E-state index contributed by atoms with van der Waals surface area (Å²) in [4.78, 5) is 13.0. The van der Waals surface area contributed by atoms with Gasteiger partial charge in [-0.25, -0.2) is 0 Å². The van der Waals surface area contributed by atoms with E-state index in [2.05, 4.69) is 14.1 Å². The maximum Gasteiger partial charge on any atom is 0.231 e. The number of carbonyl (C=O) groups excluding carboxylic acids is 1. The zero-order chi connectivity index (χ0) is 19.2. The highest BCUT2D eigenvalue weighted by Gasteiger charge is 2.42. The largest absolute Gasteiger partial charge is 0.507 e. The predicted octanol–water partition coefficient (Wildman–Crippen LogP) is 3.08. The molecule has 2 aliphatic heterocycles. The standard InChI is InChI=1S/C21H23NO5/c1-22(2)9-8-13-10-18-20(27-12-26-18)21(25-3)19(13)15(22)11-17(24)14-6-4-5-7-16(14)23/h4-7,10,15H,8-9,11-12H2,1-3H3/p+1/t15-/m1/s1. The van der Waals surface area contributed by atoms with Crippen molar-refractivity contribution in [2.75, 3.05) is 34.5 Å². The van der Waals surface area contributed by atoms with Crippen molar-refractivity contribution in [3.8, 4) is 23.0 Å². The van der Waals surface area contributed by atoms with Crippen LogP contribution in [0.2, 0.25) is 0 Å². The molecular formula is C21H24NO5+. The number of fused-ring (bicyclic) bond motifs is 2. The van der Waals surface area contributed by atoms with Gasteiger partial charge in [0.05, 0.1) is 45.3 Å². The molecule has 0 bridgehead atoms. The summed E-state index contributed by atoms with van der Waals surface area (Å²) in [5.74, 6) is 1.89. The number of hydrogen-bond donors (Lipinski definition) is 1. The quantitative estimate of drug-likeness (QED) is 0.662. The molecule has 2 aromatic carbocycles. The van der Waals surface area contributed by atoms with Gasteiger partial charge in [0, 0.05) is 6.42 Å². The molecule has 0 unspecified atom stereocenters. The molecule has 1 atom stereocenters. The molecule has 0 spiro atoms. The van der Waals surface area contributed by atoms with Crippen LogP contribution in [-0.4, -0.2) is 49.9 Å². The Labute approximate surface area is 158 Å². The Bertz CT molecular complexity index is 906. The summed E-state index contributed by atoms with van der Waals surface area (Å²) in [7, 11) is 5.86. The molecule has 0 amide bonds. The van der Waals surface area contributed by atoms with Crippen molar-refractivity contribution >= 4 is 5.78 Å². The number of nitrogens with zero attached hydrogens (tertiary/aromatic N) is 1. The van der Waals surface area contributed by atoms with E-state index in [-0.39, 0.29) is 30.8 Å². The van der Waals surface area contributed by atoms with Crippen molar-refractivity contribution in [3.05, 3.63) is 47.0 Å². The van der Waals surface area contributed by atoms with Crippen LogP contribution in [0.4, 0.5) is 0 Å². The molecular weight excluding hydrogens is 346 g/mol. The topological polar surface area (TPSA) is 65.0 Å². The second-order valence-corrected chi connectivity index (χ2v) is 7.63. The van der Waals surface area contributed by atoms with Crippen molar-refractivity contribution in [1.29, 1.82) is 0 Å². The Morgan fingerprint density at radius 1 is 1.30 bits per heavy atom. The first-order valence-corrected chi connectivity index (χ1v) is 9.05. The van der Waals surface area contributed by atoms with Crippen LogP contribution >= 0.6 is 0 Å². The lowest BCUT2D eigenvalue weighted by Crippen LogP contribution is -2.48.